The largest absolute Gasteiger partial charge is 0.492 e. The van der Waals surface area contributed by atoms with Crippen molar-refractivity contribution < 1.29 is 4.74 Å². The number of nitrogens with one attached hydrogen (secondary N) is 1. The lowest BCUT2D eigenvalue weighted by Gasteiger charge is -2.15. The zero-order valence-electron chi connectivity index (χ0n) is 12.6. The molecule has 0 radical (unpaired) electrons. The van der Waals surface area contributed by atoms with Crippen molar-refractivity contribution in [2.45, 2.75) is 44.7 Å². The van der Waals surface area contributed by atoms with Crippen LogP contribution in [0.5, 0.6) is 5.75 Å². The second-order valence-corrected chi connectivity index (χ2v) is 7.03. The lowest BCUT2D eigenvalue weighted by atomic mass is 10.2. The quantitative estimate of drug-likeness (QED) is 0.724. The Morgan fingerprint density at radius 1 is 1.24 bits per heavy atom. The third-order valence-corrected chi connectivity index (χ3v) is 4.86. The van der Waals surface area contributed by atoms with E-state index in [2.05, 4.69) is 44.3 Å². The number of benzene rings is 1. The summed E-state index contributed by atoms with van der Waals surface area (Å²) < 4.78 is 6.96. The highest BCUT2D eigenvalue weighted by Crippen LogP contribution is 2.27. The summed E-state index contributed by atoms with van der Waals surface area (Å²) in [5, 5.41) is 3.54. The van der Waals surface area contributed by atoms with Crippen molar-refractivity contribution in [3.8, 4) is 5.75 Å². The van der Waals surface area contributed by atoms with Gasteiger partial charge in [0.1, 0.15) is 5.75 Å². The summed E-state index contributed by atoms with van der Waals surface area (Å²) in [6.45, 7) is 5.47. The molecule has 0 unspecified atom stereocenters. The molecule has 1 N–H and O–H groups in total. The first kappa shape index (κ1) is 15.3. The first-order valence-electron chi connectivity index (χ1n) is 8.18. The standard InChI is InChI=1S/C17H25BrN2O/c18-16-12-14(13-19-15-5-6-15)4-7-17(16)21-11-3-10-20-8-1-2-9-20/h4,7,12,15,19H,1-3,5-6,8-11,13H2. The summed E-state index contributed by atoms with van der Waals surface area (Å²) in [6, 6.07) is 7.18. The van der Waals surface area contributed by atoms with Gasteiger partial charge in [-0.25, -0.2) is 0 Å². The Morgan fingerprint density at radius 3 is 2.76 bits per heavy atom. The van der Waals surface area contributed by atoms with Gasteiger partial charge in [-0.05, 0) is 78.8 Å². The number of ether oxygens (including phenoxy) is 1. The Labute approximate surface area is 136 Å². The smallest absolute Gasteiger partial charge is 0.133 e. The molecule has 1 aromatic carbocycles. The average molecular weight is 353 g/mol. The van der Waals surface area contributed by atoms with E-state index in [0.29, 0.717) is 0 Å². The van der Waals surface area contributed by atoms with Crippen LogP contribution >= 0.6 is 15.9 Å². The van der Waals surface area contributed by atoms with Gasteiger partial charge >= 0.3 is 0 Å². The van der Waals surface area contributed by atoms with Gasteiger partial charge in [-0.15, -0.1) is 0 Å². The molecule has 0 amide bonds. The summed E-state index contributed by atoms with van der Waals surface area (Å²) in [4.78, 5) is 2.53. The third-order valence-electron chi connectivity index (χ3n) is 4.24. The molecule has 0 spiro atoms. The van der Waals surface area contributed by atoms with E-state index < -0.39 is 0 Å². The van der Waals surface area contributed by atoms with E-state index in [4.69, 9.17) is 4.74 Å². The van der Waals surface area contributed by atoms with Crippen LogP contribution in [-0.4, -0.2) is 37.2 Å². The normalized spacial score (nSPS) is 19.1. The average Bonchev–Trinajstić information content (AvgIpc) is 3.17. The molecule has 3 rings (SSSR count). The number of rotatable bonds is 8. The molecular formula is C17H25BrN2O. The predicted molar refractivity (Wildman–Crippen MR) is 89.8 cm³/mol. The predicted octanol–water partition coefficient (Wildman–Crippen LogP) is 3.57. The molecule has 3 nitrogen and oxygen atoms in total. The number of nitrogens with zero attached hydrogens (tertiary/aromatic N) is 1. The van der Waals surface area contributed by atoms with Crippen LogP contribution in [0.2, 0.25) is 0 Å². The van der Waals surface area contributed by atoms with Gasteiger partial charge in [0.25, 0.3) is 0 Å². The first-order chi connectivity index (χ1) is 10.3. The van der Waals surface area contributed by atoms with Gasteiger partial charge in [0.2, 0.25) is 0 Å². The highest BCUT2D eigenvalue weighted by Gasteiger charge is 2.20. The fraction of sp³-hybridized carbons (Fsp3) is 0.647. The van der Waals surface area contributed by atoms with E-state index in [9.17, 15) is 0 Å². The number of hydrogen-bond donors (Lipinski definition) is 1. The molecule has 0 bridgehead atoms. The molecule has 1 aliphatic heterocycles. The van der Waals surface area contributed by atoms with Crippen LogP contribution in [0.15, 0.2) is 22.7 Å². The van der Waals surface area contributed by atoms with Crippen LogP contribution in [-0.2, 0) is 6.54 Å². The third kappa shape index (κ3) is 4.97. The fourth-order valence-corrected chi connectivity index (χ4v) is 3.34. The van der Waals surface area contributed by atoms with Crippen molar-refractivity contribution in [3.63, 3.8) is 0 Å². The van der Waals surface area contributed by atoms with Gasteiger partial charge in [0.15, 0.2) is 0 Å². The van der Waals surface area contributed by atoms with E-state index in [1.54, 1.807) is 0 Å². The lowest BCUT2D eigenvalue weighted by molar-refractivity contribution is 0.262. The Kier molecular flexibility index (Phi) is 5.55. The van der Waals surface area contributed by atoms with Crippen LogP contribution in [0, 0.1) is 0 Å². The topological polar surface area (TPSA) is 24.5 Å². The monoisotopic (exact) mass is 352 g/mol. The van der Waals surface area contributed by atoms with Crippen molar-refractivity contribution in [2.75, 3.05) is 26.2 Å². The molecular weight excluding hydrogens is 328 g/mol. The van der Waals surface area contributed by atoms with Crippen molar-refractivity contribution in [1.29, 1.82) is 0 Å². The number of likely N-dealkylation sites (tertiary alicyclic amines) is 1. The molecule has 1 saturated carbocycles. The van der Waals surface area contributed by atoms with E-state index in [-0.39, 0.29) is 0 Å². The molecule has 1 aromatic rings. The van der Waals surface area contributed by atoms with Crippen LogP contribution < -0.4 is 10.1 Å². The molecule has 2 aliphatic rings. The van der Waals surface area contributed by atoms with Gasteiger partial charge in [-0.2, -0.15) is 0 Å². The fourth-order valence-electron chi connectivity index (χ4n) is 2.80. The molecule has 1 saturated heterocycles. The van der Waals surface area contributed by atoms with Gasteiger partial charge in [0.05, 0.1) is 11.1 Å². The second kappa shape index (κ2) is 7.61. The zero-order valence-corrected chi connectivity index (χ0v) is 14.2. The van der Waals surface area contributed by atoms with Crippen molar-refractivity contribution >= 4 is 15.9 Å². The van der Waals surface area contributed by atoms with Crippen molar-refractivity contribution in [2.24, 2.45) is 0 Å². The molecule has 1 aliphatic carbocycles. The first-order valence-corrected chi connectivity index (χ1v) is 8.97. The summed E-state index contributed by atoms with van der Waals surface area (Å²) in [5.74, 6) is 0.964. The van der Waals surface area contributed by atoms with Crippen LogP contribution in [0.3, 0.4) is 0 Å². The van der Waals surface area contributed by atoms with Crippen LogP contribution in [0.1, 0.15) is 37.7 Å². The van der Waals surface area contributed by atoms with E-state index in [0.717, 1.165) is 35.8 Å². The van der Waals surface area contributed by atoms with E-state index in [1.165, 1.54) is 50.9 Å². The molecule has 0 atom stereocenters. The Balaban J connectivity index is 1.39. The molecule has 21 heavy (non-hydrogen) atoms. The second-order valence-electron chi connectivity index (χ2n) is 6.17. The van der Waals surface area contributed by atoms with E-state index >= 15 is 0 Å². The van der Waals surface area contributed by atoms with Gasteiger partial charge < -0.3 is 15.0 Å². The van der Waals surface area contributed by atoms with Crippen molar-refractivity contribution in [3.05, 3.63) is 28.2 Å². The highest BCUT2D eigenvalue weighted by molar-refractivity contribution is 9.10. The minimum Gasteiger partial charge on any atom is -0.492 e. The Bertz CT molecular complexity index is 456. The SMILES string of the molecule is Brc1cc(CNC2CC2)ccc1OCCCN1CCCC1. The Hall–Kier alpha value is -0.580. The van der Waals surface area contributed by atoms with E-state index in [1.807, 2.05) is 0 Å². The van der Waals surface area contributed by atoms with Crippen molar-refractivity contribution in [1.82, 2.24) is 10.2 Å². The van der Waals surface area contributed by atoms with Gasteiger partial charge in [0, 0.05) is 19.1 Å². The highest BCUT2D eigenvalue weighted by atomic mass is 79.9. The molecule has 4 heteroatoms. The van der Waals surface area contributed by atoms with Gasteiger partial charge in [-0.1, -0.05) is 6.07 Å². The minimum atomic E-state index is 0.755. The Morgan fingerprint density at radius 2 is 2.05 bits per heavy atom. The summed E-state index contributed by atoms with van der Waals surface area (Å²) in [6.07, 6.45) is 6.50. The maximum absolute atomic E-state index is 5.90. The summed E-state index contributed by atoms with van der Waals surface area (Å²) in [5.41, 5.74) is 1.32. The molecule has 0 aromatic heterocycles. The van der Waals surface area contributed by atoms with Gasteiger partial charge in [-0.3, -0.25) is 0 Å². The van der Waals surface area contributed by atoms with Crippen LogP contribution in [0.4, 0.5) is 0 Å². The number of hydrogen-bond acceptors (Lipinski definition) is 3. The molecule has 2 fully saturated rings. The summed E-state index contributed by atoms with van der Waals surface area (Å²) in [7, 11) is 0. The number of halogens is 1. The maximum atomic E-state index is 5.90. The lowest BCUT2D eigenvalue weighted by Crippen LogP contribution is -2.21. The molecule has 116 valence electrons. The minimum absolute atomic E-state index is 0.755. The maximum Gasteiger partial charge on any atom is 0.133 e. The van der Waals surface area contributed by atoms with Crippen LogP contribution in [0.25, 0.3) is 0 Å². The zero-order chi connectivity index (χ0) is 14.5. The summed E-state index contributed by atoms with van der Waals surface area (Å²) >= 11 is 3.62. The molecule has 1 heterocycles.